The van der Waals surface area contributed by atoms with Crippen LogP contribution in [0.1, 0.15) is 88.6 Å². The molecule has 35 heavy (non-hydrogen) atoms. The van der Waals surface area contributed by atoms with Crippen LogP contribution in [-0.2, 0) is 9.59 Å². The number of unbranched alkanes of at least 4 members (excludes halogenated alkanes) is 2. The Bertz CT molecular complexity index is 971. The van der Waals surface area contributed by atoms with E-state index in [0.29, 0.717) is 17.6 Å². The summed E-state index contributed by atoms with van der Waals surface area (Å²) < 4.78 is 0. The summed E-state index contributed by atoms with van der Waals surface area (Å²) in [4.78, 5) is 36.8. The van der Waals surface area contributed by atoms with Crippen LogP contribution in [0.4, 0.5) is 0 Å². The van der Waals surface area contributed by atoms with Crippen molar-refractivity contribution in [3.63, 3.8) is 0 Å². The van der Waals surface area contributed by atoms with E-state index in [1.807, 2.05) is 38.1 Å². The fraction of sp³-hybridized carbons (Fsp3) is 0.375. The number of rotatable bonds is 16. The van der Waals surface area contributed by atoms with Crippen molar-refractivity contribution in [3.8, 4) is 0 Å². The van der Waals surface area contributed by atoms with E-state index < -0.39 is 0 Å². The van der Waals surface area contributed by atoms with E-state index >= 15 is 0 Å². The molecular weight excluding hydrogens is 432 g/mol. The van der Waals surface area contributed by atoms with Crippen LogP contribution >= 0.6 is 0 Å². The summed E-state index contributed by atoms with van der Waals surface area (Å²) in [5, 5.41) is 0. The Morgan fingerprint density at radius 2 is 1.63 bits per heavy atom. The number of hydrogen-bond donors (Lipinski definition) is 0. The lowest BCUT2D eigenvalue weighted by Crippen LogP contribution is -2.15. The Kier molecular flexibility index (Phi) is 14.2. The third-order valence-corrected chi connectivity index (χ3v) is 5.83. The van der Waals surface area contributed by atoms with Gasteiger partial charge in [-0.25, -0.2) is 0 Å². The normalized spacial score (nSPS) is 13.4. The van der Waals surface area contributed by atoms with Crippen LogP contribution in [0, 0.1) is 12.3 Å². The van der Waals surface area contributed by atoms with Crippen molar-refractivity contribution in [3.05, 3.63) is 96.5 Å². The minimum absolute atomic E-state index is 0.0166. The fourth-order valence-corrected chi connectivity index (χ4v) is 3.77. The van der Waals surface area contributed by atoms with E-state index in [4.69, 9.17) is 0 Å². The molecular formula is C32H41O3. The summed E-state index contributed by atoms with van der Waals surface area (Å²) in [6.45, 7) is 15.0. The van der Waals surface area contributed by atoms with Gasteiger partial charge in [0.25, 0.3) is 0 Å². The first-order valence-electron chi connectivity index (χ1n) is 12.8. The SMILES string of the molecule is C=C/C=C(\C=C/C(=C)C(=O)CCCCCC(CCC)C(=O)c1ccc(C2=C[CH]2)cc1)C(C)=O.CC. The van der Waals surface area contributed by atoms with Crippen molar-refractivity contribution >= 4 is 22.9 Å². The molecule has 1 aromatic carbocycles. The topological polar surface area (TPSA) is 51.2 Å². The van der Waals surface area contributed by atoms with Gasteiger partial charge >= 0.3 is 0 Å². The second kappa shape index (κ2) is 16.5. The summed E-state index contributed by atoms with van der Waals surface area (Å²) in [6.07, 6.45) is 16.2. The van der Waals surface area contributed by atoms with E-state index in [-0.39, 0.29) is 23.3 Å². The van der Waals surface area contributed by atoms with Crippen molar-refractivity contribution in [2.75, 3.05) is 0 Å². The number of benzene rings is 1. The molecule has 0 heterocycles. The molecule has 1 aromatic rings. The van der Waals surface area contributed by atoms with Crippen LogP contribution in [0.25, 0.3) is 5.57 Å². The molecule has 1 aliphatic rings. The molecule has 0 saturated heterocycles. The molecule has 0 N–H and O–H groups in total. The van der Waals surface area contributed by atoms with Crippen LogP contribution in [0.15, 0.2) is 78.9 Å². The first kappa shape index (κ1) is 30.0. The van der Waals surface area contributed by atoms with Gasteiger partial charge in [-0.3, -0.25) is 14.4 Å². The first-order chi connectivity index (χ1) is 16.9. The third-order valence-electron chi connectivity index (χ3n) is 5.83. The Hall–Kier alpha value is -3.07. The van der Waals surface area contributed by atoms with Crippen molar-refractivity contribution in [1.82, 2.24) is 0 Å². The van der Waals surface area contributed by atoms with Gasteiger partial charge in [0.15, 0.2) is 17.3 Å². The highest BCUT2D eigenvalue weighted by molar-refractivity contribution is 6.00. The maximum Gasteiger partial charge on any atom is 0.165 e. The molecule has 187 valence electrons. The lowest BCUT2D eigenvalue weighted by molar-refractivity contribution is -0.115. The van der Waals surface area contributed by atoms with Gasteiger partial charge in [-0.1, -0.05) is 108 Å². The van der Waals surface area contributed by atoms with Gasteiger partial charge in [-0.05, 0) is 37.3 Å². The lowest BCUT2D eigenvalue weighted by atomic mass is 9.88. The maximum atomic E-state index is 13.0. The quantitative estimate of drug-likeness (QED) is 0.105. The average Bonchev–Trinajstić information content (AvgIpc) is 3.71. The van der Waals surface area contributed by atoms with Crippen LogP contribution in [0.2, 0.25) is 0 Å². The predicted molar refractivity (Wildman–Crippen MR) is 148 cm³/mol. The number of carbonyl (C=O) groups is 3. The zero-order valence-corrected chi connectivity index (χ0v) is 21.9. The number of ketones is 3. The summed E-state index contributed by atoms with van der Waals surface area (Å²) in [6, 6.07) is 7.91. The van der Waals surface area contributed by atoms with Gasteiger partial charge in [-0.2, -0.15) is 0 Å². The minimum Gasteiger partial charge on any atom is -0.295 e. The van der Waals surface area contributed by atoms with Gasteiger partial charge in [0, 0.05) is 35.5 Å². The summed E-state index contributed by atoms with van der Waals surface area (Å²) in [5.74, 6) is 0.151. The van der Waals surface area contributed by atoms with Gasteiger partial charge in [-0.15, -0.1) is 0 Å². The molecule has 0 fully saturated rings. The van der Waals surface area contributed by atoms with Crippen LogP contribution in [0.5, 0.6) is 0 Å². The molecule has 0 aliphatic heterocycles. The fourth-order valence-electron chi connectivity index (χ4n) is 3.77. The highest BCUT2D eigenvalue weighted by Gasteiger charge is 2.20. The Morgan fingerprint density at radius 1 is 0.971 bits per heavy atom. The monoisotopic (exact) mass is 473 g/mol. The van der Waals surface area contributed by atoms with Crippen molar-refractivity contribution < 1.29 is 14.4 Å². The number of carbonyl (C=O) groups excluding carboxylic acids is 3. The summed E-state index contributed by atoms with van der Waals surface area (Å²) in [5.41, 5.74) is 4.07. The summed E-state index contributed by atoms with van der Waals surface area (Å²) in [7, 11) is 0. The summed E-state index contributed by atoms with van der Waals surface area (Å²) >= 11 is 0. The van der Waals surface area contributed by atoms with Gasteiger partial charge < -0.3 is 0 Å². The molecule has 1 unspecified atom stereocenters. The van der Waals surface area contributed by atoms with E-state index in [1.54, 1.807) is 24.3 Å². The van der Waals surface area contributed by atoms with Crippen LogP contribution in [-0.4, -0.2) is 17.3 Å². The third kappa shape index (κ3) is 10.8. The number of Topliss-reactive ketones (excluding diaryl/α,β-unsaturated/α-hetero) is 3. The molecule has 0 saturated carbocycles. The highest BCUT2D eigenvalue weighted by atomic mass is 16.1. The van der Waals surface area contributed by atoms with Crippen LogP contribution < -0.4 is 0 Å². The Labute approximate surface area is 212 Å². The molecule has 0 bridgehead atoms. The molecule has 0 aromatic heterocycles. The van der Waals surface area contributed by atoms with E-state index in [9.17, 15) is 14.4 Å². The Balaban J connectivity index is 0.00000298. The second-order valence-corrected chi connectivity index (χ2v) is 8.51. The molecule has 1 aliphatic carbocycles. The average molecular weight is 474 g/mol. The molecule has 1 radical (unpaired) electrons. The Morgan fingerprint density at radius 3 is 2.17 bits per heavy atom. The zero-order chi connectivity index (χ0) is 26.2. The van der Waals surface area contributed by atoms with Crippen LogP contribution in [0.3, 0.4) is 0 Å². The molecule has 0 spiro atoms. The van der Waals surface area contributed by atoms with Crippen molar-refractivity contribution in [1.29, 1.82) is 0 Å². The van der Waals surface area contributed by atoms with E-state index in [0.717, 1.165) is 49.7 Å². The largest absolute Gasteiger partial charge is 0.295 e. The zero-order valence-electron chi connectivity index (χ0n) is 21.9. The van der Waals surface area contributed by atoms with Crippen molar-refractivity contribution in [2.45, 2.75) is 72.6 Å². The molecule has 2 rings (SSSR count). The first-order valence-corrected chi connectivity index (χ1v) is 12.8. The maximum absolute atomic E-state index is 13.0. The van der Waals surface area contributed by atoms with Gasteiger partial charge in [0.05, 0.1) is 0 Å². The van der Waals surface area contributed by atoms with Gasteiger partial charge in [0.1, 0.15) is 0 Å². The molecule has 3 heteroatoms. The minimum atomic E-state index is -0.0858. The van der Waals surface area contributed by atoms with E-state index in [2.05, 4.69) is 32.6 Å². The molecule has 3 nitrogen and oxygen atoms in total. The molecule has 0 amide bonds. The highest BCUT2D eigenvalue weighted by Crippen LogP contribution is 2.30. The molecule has 1 atom stereocenters. The smallest absolute Gasteiger partial charge is 0.165 e. The van der Waals surface area contributed by atoms with Crippen molar-refractivity contribution in [2.24, 2.45) is 5.92 Å². The second-order valence-electron chi connectivity index (χ2n) is 8.51. The van der Waals surface area contributed by atoms with Gasteiger partial charge in [0.2, 0.25) is 0 Å². The number of allylic oxidation sites excluding steroid dienone is 8. The number of hydrogen-bond acceptors (Lipinski definition) is 3. The lowest BCUT2D eigenvalue weighted by Gasteiger charge is -2.15. The standard InChI is InChI=1S/C30H35O3.C2H6/c1-5-10-24(23(4)31)15-14-22(3)29(32)13-9-7-8-12-27(11-6-2)30(33)28-20-18-26(19-21-28)25-16-17-25;1-2/h5,10,14-21,27H,1,3,6-9,11-13H2,2,4H3;1-2H3/b15-14-,24-10+;. The predicted octanol–water partition coefficient (Wildman–Crippen LogP) is 8.25. The van der Waals surface area contributed by atoms with E-state index in [1.165, 1.54) is 12.5 Å².